The minimum Gasteiger partial charge on any atom is -0.353 e. The summed E-state index contributed by atoms with van der Waals surface area (Å²) >= 11 is 7.11. The molecule has 1 unspecified atom stereocenters. The molecule has 0 saturated carbocycles. The first kappa shape index (κ1) is 11.1. The highest BCUT2D eigenvalue weighted by Gasteiger charge is 2.04. The Morgan fingerprint density at radius 2 is 2.36 bits per heavy atom. The molecule has 0 fully saturated rings. The maximum Gasteiger partial charge on any atom is 0.221 e. The van der Waals surface area contributed by atoms with Crippen LogP contribution in [0, 0.1) is 0 Å². The van der Waals surface area contributed by atoms with Crippen molar-refractivity contribution in [2.24, 2.45) is 0 Å². The normalized spacial score (nSPS) is 12.6. The molecule has 0 aliphatic heterocycles. The van der Waals surface area contributed by atoms with Crippen LogP contribution in [0.15, 0.2) is 0 Å². The SMILES string of the molecule is CSCC(C)NC(=O)CCCl. The molecule has 0 radical (unpaired) electrons. The predicted octanol–water partition coefficient (Wildman–Crippen LogP) is 1.48. The zero-order valence-corrected chi connectivity index (χ0v) is 8.47. The fourth-order valence-corrected chi connectivity index (χ4v) is 1.48. The van der Waals surface area contributed by atoms with E-state index in [-0.39, 0.29) is 11.9 Å². The Morgan fingerprint density at radius 1 is 1.73 bits per heavy atom. The van der Waals surface area contributed by atoms with Gasteiger partial charge in [0.05, 0.1) is 0 Å². The Kier molecular flexibility index (Phi) is 6.87. The molecule has 1 atom stereocenters. The van der Waals surface area contributed by atoms with Crippen LogP contribution in [0.2, 0.25) is 0 Å². The Hall–Kier alpha value is 0.110. The lowest BCUT2D eigenvalue weighted by molar-refractivity contribution is -0.121. The number of amides is 1. The monoisotopic (exact) mass is 195 g/mol. The average Bonchev–Trinajstić information content (AvgIpc) is 1.87. The second-order valence-corrected chi connectivity index (χ2v) is 3.65. The molecule has 0 bridgehead atoms. The highest BCUT2D eigenvalue weighted by molar-refractivity contribution is 7.98. The van der Waals surface area contributed by atoms with Gasteiger partial charge in [0.15, 0.2) is 0 Å². The Labute approximate surface area is 77.1 Å². The summed E-state index contributed by atoms with van der Waals surface area (Å²) in [5.74, 6) is 1.40. The highest BCUT2D eigenvalue weighted by Crippen LogP contribution is 1.96. The van der Waals surface area contributed by atoms with Crippen LogP contribution in [-0.2, 0) is 4.79 Å². The van der Waals surface area contributed by atoms with Crippen molar-refractivity contribution in [1.82, 2.24) is 5.32 Å². The van der Waals surface area contributed by atoms with Crippen LogP contribution < -0.4 is 5.32 Å². The van der Waals surface area contributed by atoms with Crippen LogP contribution in [-0.4, -0.2) is 29.8 Å². The van der Waals surface area contributed by atoms with E-state index in [9.17, 15) is 4.79 Å². The molecule has 4 heteroatoms. The molecule has 0 aromatic heterocycles. The maximum atomic E-state index is 10.9. The standard InChI is InChI=1S/C7H14ClNOS/c1-6(5-11-2)9-7(10)3-4-8/h6H,3-5H2,1-2H3,(H,9,10). The van der Waals surface area contributed by atoms with Gasteiger partial charge in [0.2, 0.25) is 5.91 Å². The molecule has 0 aliphatic rings. The van der Waals surface area contributed by atoms with E-state index in [1.54, 1.807) is 11.8 Å². The van der Waals surface area contributed by atoms with Crippen LogP contribution in [0.3, 0.4) is 0 Å². The third-order valence-corrected chi connectivity index (χ3v) is 2.17. The molecule has 0 heterocycles. The van der Waals surface area contributed by atoms with E-state index in [0.29, 0.717) is 12.3 Å². The topological polar surface area (TPSA) is 29.1 Å². The summed E-state index contributed by atoms with van der Waals surface area (Å²) in [6, 6.07) is 0.251. The van der Waals surface area contributed by atoms with E-state index in [2.05, 4.69) is 5.32 Å². The molecule has 0 aromatic carbocycles. The van der Waals surface area contributed by atoms with E-state index in [0.717, 1.165) is 5.75 Å². The van der Waals surface area contributed by atoms with Gasteiger partial charge in [0.25, 0.3) is 0 Å². The van der Waals surface area contributed by atoms with Crippen molar-refractivity contribution in [2.75, 3.05) is 17.9 Å². The molecular weight excluding hydrogens is 182 g/mol. The van der Waals surface area contributed by atoms with Crippen LogP contribution in [0.5, 0.6) is 0 Å². The fraction of sp³-hybridized carbons (Fsp3) is 0.857. The predicted molar refractivity (Wildman–Crippen MR) is 51.3 cm³/mol. The summed E-state index contributed by atoms with van der Waals surface area (Å²) in [5.41, 5.74) is 0. The van der Waals surface area contributed by atoms with Crippen LogP contribution in [0.1, 0.15) is 13.3 Å². The van der Waals surface area contributed by atoms with Gasteiger partial charge in [0, 0.05) is 24.1 Å². The lowest BCUT2D eigenvalue weighted by atomic mass is 10.3. The smallest absolute Gasteiger partial charge is 0.221 e. The van der Waals surface area contributed by atoms with Crippen molar-refractivity contribution in [3.8, 4) is 0 Å². The van der Waals surface area contributed by atoms with Gasteiger partial charge < -0.3 is 5.32 Å². The van der Waals surface area contributed by atoms with Gasteiger partial charge in [-0.2, -0.15) is 11.8 Å². The zero-order chi connectivity index (χ0) is 8.69. The van der Waals surface area contributed by atoms with E-state index >= 15 is 0 Å². The van der Waals surface area contributed by atoms with Gasteiger partial charge in [-0.15, -0.1) is 11.6 Å². The molecule has 11 heavy (non-hydrogen) atoms. The first-order valence-electron chi connectivity index (χ1n) is 3.55. The highest BCUT2D eigenvalue weighted by atomic mass is 35.5. The number of halogens is 1. The van der Waals surface area contributed by atoms with Crippen LogP contribution in [0.25, 0.3) is 0 Å². The summed E-state index contributed by atoms with van der Waals surface area (Å²) in [5, 5.41) is 2.84. The van der Waals surface area contributed by atoms with Gasteiger partial charge in [0.1, 0.15) is 0 Å². The van der Waals surface area contributed by atoms with E-state index in [4.69, 9.17) is 11.6 Å². The number of alkyl halides is 1. The molecule has 1 N–H and O–H groups in total. The van der Waals surface area contributed by atoms with Gasteiger partial charge in [-0.3, -0.25) is 4.79 Å². The zero-order valence-electron chi connectivity index (χ0n) is 6.89. The molecule has 2 nitrogen and oxygen atoms in total. The van der Waals surface area contributed by atoms with Gasteiger partial charge >= 0.3 is 0 Å². The Bertz CT molecular complexity index is 121. The molecule has 0 spiro atoms. The summed E-state index contributed by atoms with van der Waals surface area (Å²) in [6.45, 7) is 1.99. The van der Waals surface area contributed by atoms with Crippen LogP contribution in [0.4, 0.5) is 0 Å². The van der Waals surface area contributed by atoms with Gasteiger partial charge in [-0.1, -0.05) is 0 Å². The Balaban J connectivity index is 3.40. The summed E-state index contributed by atoms with van der Waals surface area (Å²) in [6.07, 6.45) is 2.44. The molecule has 0 aromatic rings. The van der Waals surface area contributed by atoms with Crippen molar-refractivity contribution in [1.29, 1.82) is 0 Å². The van der Waals surface area contributed by atoms with E-state index < -0.39 is 0 Å². The average molecular weight is 196 g/mol. The van der Waals surface area contributed by atoms with Gasteiger partial charge in [-0.25, -0.2) is 0 Å². The van der Waals surface area contributed by atoms with E-state index in [1.165, 1.54) is 0 Å². The lowest BCUT2D eigenvalue weighted by Crippen LogP contribution is -2.34. The number of thioether (sulfide) groups is 1. The van der Waals surface area contributed by atoms with Crippen LogP contribution >= 0.6 is 23.4 Å². The number of hydrogen-bond acceptors (Lipinski definition) is 2. The largest absolute Gasteiger partial charge is 0.353 e. The number of carbonyl (C=O) groups is 1. The van der Waals surface area contributed by atoms with Gasteiger partial charge in [-0.05, 0) is 13.2 Å². The first-order valence-corrected chi connectivity index (χ1v) is 5.47. The third-order valence-electron chi connectivity index (χ3n) is 1.15. The third kappa shape index (κ3) is 6.51. The number of nitrogens with one attached hydrogen (secondary N) is 1. The van der Waals surface area contributed by atoms with Crippen molar-refractivity contribution < 1.29 is 4.79 Å². The maximum absolute atomic E-state index is 10.9. The van der Waals surface area contributed by atoms with Crippen molar-refractivity contribution >= 4 is 29.3 Å². The quantitative estimate of drug-likeness (QED) is 0.674. The summed E-state index contributed by atoms with van der Waals surface area (Å²) < 4.78 is 0. The molecule has 66 valence electrons. The van der Waals surface area contributed by atoms with Crippen molar-refractivity contribution in [2.45, 2.75) is 19.4 Å². The minimum absolute atomic E-state index is 0.0431. The molecule has 0 rings (SSSR count). The second kappa shape index (κ2) is 6.80. The fourth-order valence-electron chi connectivity index (χ4n) is 0.724. The molecule has 0 aliphatic carbocycles. The number of carbonyl (C=O) groups excluding carboxylic acids is 1. The number of rotatable bonds is 5. The number of hydrogen-bond donors (Lipinski definition) is 1. The summed E-state index contributed by atoms with van der Waals surface area (Å²) in [7, 11) is 0. The first-order chi connectivity index (χ1) is 5.20. The molecular formula is C7H14ClNOS. The minimum atomic E-state index is 0.0431. The molecule has 0 saturated heterocycles. The summed E-state index contributed by atoms with van der Waals surface area (Å²) in [4.78, 5) is 10.9. The lowest BCUT2D eigenvalue weighted by Gasteiger charge is -2.11. The van der Waals surface area contributed by atoms with Crippen molar-refractivity contribution in [3.05, 3.63) is 0 Å². The molecule has 1 amide bonds. The van der Waals surface area contributed by atoms with E-state index in [1.807, 2.05) is 13.2 Å². The van der Waals surface area contributed by atoms with Crippen molar-refractivity contribution in [3.63, 3.8) is 0 Å². The Morgan fingerprint density at radius 3 is 2.82 bits per heavy atom. The second-order valence-electron chi connectivity index (χ2n) is 2.36.